The second kappa shape index (κ2) is 8.78. The fourth-order valence-corrected chi connectivity index (χ4v) is 3.26. The summed E-state index contributed by atoms with van der Waals surface area (Å²) in [5.74, 6) is -0.556. The standard InChI is InChI=1S/C22H21N5O4/c1-2-13-27-22(30)15-8-4-3-7-14(15)20(26-27)21(29)25-24-18(28)11-12-19-23-16-9-5-6-10-17(16)31-19/h3-10H,2,11-13H2,1H3,(H,24,28)(H,25,29). The Labute approximate surface area is 177 Å². The van der Waals surface area contributed by atoms with Crippen molar-refractivity contribution in [2.75, 3.05) is 0 Å². The summed E-state index contributed by atoms with van der Waals surface area (Å²) < 4.78 is 6.86. The predicted octanol–water partition coefficient (Wildman–Crippen LogP) is 2.34. The second-order valence-corrected chi connectivity index (χ2v) is 7.00. The Bertz CT molecular complexity index is 1290. The summed E-state index contributed by atoms with van der Waals surface area (Å²) in [6.07, 6.45) is 1.06. The molecule has 0 unspecified atom stereocenters. The highest BCUT2D eigenvalue weighted by atomic mass is 16.3. The van der Waals surface area contributed by atoms with Gasteiger partial charge in [-0.2, -0.15) is 5.10 Å². The van der Waals surface area contributed by atoms with Crippen molar-refractivity contribution in [1.29, 1.82) is 0 Å². The van der Waals surface area contributed by atoms with Gasteiger partial charge in [-0.05, 0) is 24.6 Å². The van der Waals surface area contributed by atoms with E-state index in [1.807, 2.05) is 25.1 Å². The number of hydrogen-bond donors (Lipinski definition) is 2. The Morgan fingerprint density at radius 3 is 2.55 bits per heavy atom. The van der Waals surface area contributed by atoms with Gasteiger partial charge in [0.05, 0.1) is 5.39 Å². The van der Waals surface area contributed by atoms with E-state index in [0.29, 0.717) is 41.6 Å². The van der Waals surface area contributed by atoms with Crippen LogP contribution in [-0.4, -0.2) is 26.6 Å². The number of benzene rings is 2. The summed E-state index contributed by atoms with van der Waals surface area (Å²) in [7, 11) is 0. The molecule has 2 aromatic carbocycles. The van der Waals surface area contributed by atoms with Gasteiger partial charge in [0.2, 0.25) is 5.91 Å². The molecule has 158 valence electrons. The molecular weight excluding hydrogens is 398 g/mol. The molecular formula is C22H21N5O4. The van der Waals surface area contributed by atoms with Gasteiger partial charge in [0, 0.05) is 24.8 Å². The zero-order chi connectivity index (χ0) is 21.8. The molecule has 0 saturated heterocycles. The third-order valence-electron chi connectivity index (χ3n) is 4.74. The number of hydrazine groups is 1. The number of amides is 2. The average molecular weight is 419 g/mol. The number of fused-ring (bicyclic) bond motifs is 2. The van der Waals surface area contributed by atoms with Crippen LogP contribution in [0.3, 0.4) is 0 Å². The third-order valence-corrected chi connectivity index (χ3v) is 4.74. The van der Waals surface area contributed by atoms with Crippen molar-refractivity contribution < 1.29 is 14.0 Å². The van der Waals surface area contributed by atoms with Gasteiger partial charge in [-0.1, -0.05) is 37.3 Å². The molecule has 0 fully saturated rings. The Hall–Kier alpha value is -4.01. The molecule has 9 nitrogen and oxygen atoms in total. The summed E-state index contributed by atoms with van der Waals surface area (Å²) in [6, 6.07) is 14.1. The van der Waals surface area contributed by atoms with Crippen LogP contribution in [0, 0.1) is 0 Å². The van der Waals surface area contributed by atoms with Crippen molar-refractivity contribution in [3.8, 4) is 0 Å². The molecule has 31 heavy (non-hydrogen) atoms. The van der Waals surface area contributed by atoms with E-state index in [-0.39, 0.29) is 17.7 Å². The van der Waals surface area contributed by atoms with Crippen molar-refractivity contribution in [3.05, 3.63) is 70.5 Å². The van der Waals surface area contributed by atoms with E-state index in [0.717, 1.165) is 5.52 Å². The zero-order valence-electron chi connectivity index (χ0n) is 16.9. The van der Waals surface area contributed by atoms with Crippen LogP contribution in [0.4, 0.5) is 0 Å². The minimum atomic E-state index is -0.601. The largest absolute Gasteiger partial charge is 0.441 e. The first kappa shape index (κ1) is 20.3. The maximum Gasteiger partial charge on any atom is 0.290 e. The first-order valence-electron chi connectivity index (χ1n) is 10.0. The van der Waals surface area contributed by atoms with E-state index in [1.54, 1.807) is 30.3 Å². The van der Waals surface area contributed by atoms with Crippen LogP contribution < -0.4 is 16.4 Å². The number of nitrogens with zero attached hydrogens (tertiary/aromatic N) is 3. The lowest BCUT2D eigenvalue weighted by Gasteiger charge is -2.11. The number of carbonyl (C=O) groups excluding carboxylic acids is 2. The highest BCUT2D eigenvalue weighted by Crippen LogP contribution is 2.16. The molecule has 0 atom stereocenters. The molecule has 0 aliphatic carbocycles. The number of aryl methyl sites for hydroxylation is 2. The lowest BCUT2D eigenvalue weighted by molar-refractivity contribution is -0.121. The van der Waals surface area contributed by atoms with Gasteiger partial charge in [-0.25, -0.2) is 9.67 Å². The Morgan fingerprint density at radius 1 is 1.03 bits per heavy atom. The molecule has 2 heterocycles. The maximum atomic E-state index is 12.7. The highest BCUT2D eigenvalue weighted by molar-refractivity contribution is 6.05. The molecule has 9 heteroatoms. The second-order valence-electron chi connectivity index (χ2n) is 7.00. The summed E-state index contributed by atoms with van der Waals surface area (Å²) in [4.78, 5) is 41.7. The van der Waals surface area contributed by atoms with Crippen molar-refractivity contribution in [2.24, 2.45) is 0 Å². The van der Waals surface area contributed by atoms with Crippen LogP contribution in [0.15, 0.2) is 57.7 Å². The number of carbonyl (C=O) groups is 2. The molecule has 0 saturated carbocycles. The van der Waals surface area contributed by atoms with Crippen LogP contribution >= 0.6 is 0 Å². The quantitative estimate of drug-likeness (QED) is 0.463. The Kier molecular flexibility index (Phi) is 5.74. The summed E-state index contributed by atoms with van der Waals surface area (Å²) in [5, 5.41) is 5.03. The van der Waals surface area contributed by atoms with Crippen LogP contribution in [0.25, 0.3) is 21.9 Å². The first-order valence-corrected chi connectivity index (χ1v) is 10.0. The SMILES string of the molecule is CCCn1nc(C(=O)NNC(=O)CCc2nc3ccccc3o2)c2ccccc2c1=O. The number of rotatable bonds is 6. The predicted molar refractivity (Wildman–Crippen MR) is 114 cm³/mol. The maximum absolute atomic E-state index is 12.7. The van der Waals surface area contributed by atoms with E-state index in [9.17, 15) is 14.4 Å². The van der Waals surface area contributed by atoms with E-state index < -0.39 is 11.8 Å². The molecule has 0 bridgehead atoms. The van der Waals surface area contributed by atoms with Gasteiger partial charge in [-0.3, -0.25) is 25.2 Å². The fraction of sp³-hybridized carbons (Fsp3) is 0.227. The molecule has 4 aromatic rings. The van der Waals surface area contributed by atoms with Crippen molar-refractivity contribution in [2.45, 2.75) is 32.7 Å². The van der Waals surface area contributed by atoms with Crippen molar-refractivity contribution in [3.63, 3.8) is 0 Å². The number of hydrogen-bond acceptors (Lipinski definition) is 6. The van der Waals surface area contributed by atoms with Gasteiger partial charge in [0.15, 0.2) is 17.2 Å². The van der Waals surface area contributed by atoms with Gasteiger partial charge < -0.3 is 4.42 Å². The fourth-order valence-electron chi connectivity index (χ4n) is 3.26. The van der Waals surface area contributed by atoms with Gasteiger partial charge in [0.1, 0.15) is 5.52 Å². The minimum Gasteiger partial charge on any atom is -0.441 e. The van der Waals surface area contributed by atoms with Crippen molar-refractivity contribution >= 4 is 33.7 Å². The van der Waals surface area contributed by atoms with Crippen LogP contribution in [0.5, 0.6) is 0 Å². The Balaban J connectivity index is 1.43. The van der Waals surface area contributed by atoms with Gasteiger partial charge in [0.25, 0.3) is 11.5 Å². The van der Waals surface area contributed by atoms with Crippen LogP contribution in [0.2, 0.25) is 0 Å². The van der Waals surface area contributed by atoms with Crippen LogP contribution in [0.1, 0.15) is 36.1 Å². The molecule has 0 spiro atoms. The van der Waals surface area contributed by atoms with E-state index >= 15 is 0 Å². The number of aromatic nitrogens is 3. The molecule has 0 aliphatic heterocycles. The van der Waals surface area contributed by atoms with Crippen molar-refractivity contribution in [1.82, 2.24) is 25.6 Å². The van der Waals surface area contributed by atoms with Crippen LogP contribution in [-0.2, 0) is 17.8 Å². The Morgan fingerprint density at radius 2 is 1.77 bits per heavy atom. The number of nitrogens with one attached hydrogen (secondary N) is 2. The molecule has 0 aliphatic rings. The van der Waals surface area contributed by atoms with Gasteiger partial charge >= 0.3 is 0 Å². The smallest absolute Gasteiger partial charge is 0.290 e. The van der Waals surface area contributed by atoms with E-state index in [2.05, 4.69) is 20.9 Å². The highest BCUT2D eigenvalue weighted by Gasteiger charge is 2.17. The molecule has 4 rings (SSSR count). The topological polar surface area (TPSA) is 119 Å². The minimum absolute atomic E-state index is 0.0721. The van der Waals surface area contributed by atoms with Gasteiger partial charge in [-0.15, -0.1) is 0 Å². The summed E-state index contributed by atoms with van der Waals surface area (Å²) in [5.41, 5.74) is 5.96. The first-order chi connectivity index (χ1) is 15.1. The number of para-hydroxylation sites is 2. The molecule has 2 N–H and O–H groups in total. The normalized spacial score (nSPS) is 11.0. The molecule has 2 aromatic heterocycles. The van der Waals surface area contributed by atoms with E-state index in [1.165, 1.54) is 4.68 Å². The lowest BCUT2D eigenvalue weighted by Crippen LogP contribution is -2.43. The summed E-state index contributed by atoms with van der Waals surface area (Å²) in [6.45, 7) is 2.31. The molecule has 2 amide bonds. The van der Waals surface area contributed by atoms with E-state index in [4.69, 9.17) is 4.42 Å². The summed E-state index contributed by atoms with van der Waals surface area (Å²) >= 11 is 0. The number of oxazole rings is 1. The molecule has 0 radical (unpaired) electrons. The zero-order valence-corrected chi connectivity index (χ0v) is 16.9. The average Bonchev–Trinajstić information content (AvgIpc) is 3.21. The lowest BCUT2D eigenvalue weighted by atomic mass is 10.1. The third kappa shape index (κ3) is 4.30. The monoisotopic (exact) mass is 419 g/mol.